The molecule has 20 heavy (non-hydrogen) atoms. The van der Waals surface area contributed by atoms with E-state index in [0.29, 0.717) is 6.54 Å². The van der Waals surface area contributed by atoms with E-state index in [9.17, 15) is 5.11 Å². The number of rotatable bonds is 3. The van der Waals surface area contributed by atoms with Crippen molar-refractivity contribution in [2.75, 3.05) is 6.61 Å². The van der Waals surface area contributed by atoms with Crippen LogP contribution < -0.4 is 0 Å². The molecule has 1 aliphatic rings. The van der Waals surface area contributed by atoms with Crippen molar-refractivity contribution < 1.29 is 5.11 Å². The fourth-order valence-corrected chi connectivity index (χ4v) is 2.74. The molecule has 6 nitrogen and oxygen atoms in total. The Hall–Kier alpha value is -1.79. The minimum absolute atomic E-state index is 0.111. The minimum atomic E-state index is 0.111. The molecular formula is C14H19N5O. The lowest BCUT2D eigenvalue weighted by atomic mass is 10.0. The Labute approximate surface area is 118 Å². The van der Waals surface area contributed by atoms with Crippen molar-refractivity contribution in [3.63, 3.8) is 0 Å². The molecule has 0 bridgehead atoms. The molecule has 0 fully saturated rings. The molecular weight excluding hydrogens is 254 g/mol. The predicted octanol–water partition coefficient (Wildman–Crippen LogP) is 0.438. The van der Waals surface area contributed by atoms with Crippen LogP contribution in [0.3, 0.4) is 0 Å². The lowest BCUT2D eigenvalue weighted by Gasteiger charge is -2.34. The zero-order chi connectivity index (χ0) is 14.1. The van der Waals surface area contributed by atoms with Crippen molar-refractivity contribution >= 4 is 0 Å². The van der Waals surface area contributed by atoms with Gasteiger partial charge in [-0.3, -0.25) is 14.9 Å². The van der Waals surface area contributed by atoms with Gasteiger partial charge in [-0.2, -0.15) is 0 Å². The van der Waals surface area contributed by atoms with Crippen LogP contribution in [0.2, 0.25) is 0 Å². The largest absolute Gasteiger partial charge is 0.395 e. The Balaban J connectivity index is 1.82. The maximum Gasteiger partial charge on any atom is 0.0949 e. The monoisotopic (exact) mass is 273 g/mol. The van der Waals surface area contributed by atoms with Gasteiger partial charge in [-0.05, 0) is 6.92 Å². The molecule has 1 atom stereocenters. The van der Waals surface area contributed by atoms with Crippen LogP contribution >= 0.6 is 0 Å². The highest BCUT2D eigenvalue weighted by molar-refractivity contribution is 5.18. The Kier molecular flexibility index (Phi) is 3.50. The van der Waals surface area contributed by atoms with Crippen molar-refractivity contribution in [1.29, 1.82) is 0 Å². The maximum atomic E-state index is 9.64. The van der Waals surface area contributed by atoms with Gasteiger partial charge >= 0.3 is 0 Å². The molecule has 0 radical (unpaired) electrons. The summed E-state index contributed by atoms with van der Waals surface area (Å²) in [5.41, 5.74) is 4.16. The van der Waals surface area contributed by atoms with Crippen molar-refractivity contribution in [3.05, 3.63) is 41.5 Å². The molecule has 0 aromatic carbocycles. The van der Waals surface area contributed by atoms with Crippen molar-refractivity contribution in [2.24, 2.45) is 7.05 Å². The summed E-state index contributed by atoms with van der Waals surface area (Å²) in [6.07, 6.45) is 6.20. The first-order chi connectivity index (χ1) is 9.67. The number of aromatic nitrogens is 4. The Morgan fingerprint density at radius 2 is 2.25 bits per heavy atom. The number of aryl methyl sites for hydroxylation is 2. The van der Waals surface area contributed by atoms with E-state index in [1.807, 2.05) is 24.9 Å². The summed E-state index contributed by atoms with van der Waals surface area (Å²) >= 11 is 0. The van der Waals surface area contributed by atoms with Gasteiger partial charge in [0, 0.05) is 50.7 Å². The van der Waals surface area contributed by atoms with Gasteiger partial charge in [0.25, 0.3) is 0 Å². The van der Waals surface area contributed by atoms with Crippen LogP contribution in [0.25, 0.3) is 0 Å². The van der Waals surface area contributed by atoms with Gasteiger partial charge in [0.2, 0.25) is 0 Å². The summed E-state index contributed by atoms with van der Waals surface area (Å²) in [6.45, 7) is 3.52. The van der Waals surface area contributed by atoms with Gasteiger partial charge in [-0.15, -0.1) is 0 Å². The van der Waals surface area contributed by atoms with E-state index in [2.05, 4.69) is 19.9 Å². The molecule has 0 unspecified atom stereocenters. The zero-order valence-corrected chi connectivity index (χ0v) is 11.8. The van der Waals surface area contributed by atoms with Gasteiger partial charge in [0.05, 0.1) is 30.0 Å². The average Bonchev–Trinajstić information content (AvgIpc) is 2.79. The molecule has 0 saturated carbocycles. The van der Waals surface area contributed by atoms with E-state index in [1.165, 1.54) is 5.69 Å². The standard InChI is InChI=1S/C14H19N5O/c1-10-4-15-5-11(17-10)6-19-7-13-14(3-12(19)8-20)18(2)9-16-13/h4-5,9,12,20H,3,6-8H2,1-2H3/t12-/m0/s1. The SMILES string of the molecule is Cc1cncc(CN2Cc3ncn(C)c3C[C@H]2CO)n1. The number of hydrogen-bond donors (Lipinski definition) is 1. The molecule has 1 aliphatic heterocycles. The summed E-state index contributed by atoms with van der Waals surface area (Å²) in [7, 11) is 2.00. The third kappa shape index (κ3) is 2.44. The van der Waals surface area contributed by atoms with E-state index in [1.54, 1.807) is 12.4 Å². The fraction of sp³-hybridized carbons (Fsp3) is 0.500. The summed E-state index contributed by atoms with van der Waals surface area (Å²) in [4.78, 5) is 15.3. The third-order valence-corrected chi connectivity index (χ3v) is 3.82. The van der Waals surface area contributed by atoms with Crippen LogP contribution in [0.4, 0.5) is 0 Å². The van der Waals surface area contributed by atoms with Crippen molar-refractivity contribution in [3.8, 4) is 0 Å². The normalized spacial score (nSPS) is 19.1. The number of hydrogen-bond acceptors (Lipinski definition) is 5. The number of fused-ring (bicyclic) bond motifs is 1. The summed E-state index contributed by atoms with van der Waals surface area (Å²) < 4.78 is 2.04. The highest BCUT2D eigenvalue weighted by Gasteiger charge is 2.28. The second-order valence-electron chi connectivity index (χ2n) is 5.35. The molecule has 0 aliphatic carbocycles. The summed E-state index contributed by atoms with van der Waals surface area (Å²) in [5, 5.41) is 9.64. The molecule has 2 aromatic rings. The van der Waals surface area contributed by atoms with Crippen LogP contribution in [0.1, 0.15) is 22.8 Å². The smallest absolute Gasteiger partial charge is 0.0949 e. The molecule has 0 amide bonds. The highest BCUT2D eigenvalue weighted by atomic mass is 16.3. The summed E-state index contributed by atoms with van der Waals surface area (Å²) in [6, 6.07) is 0.111. The first-order valence-corrected chi connectivity index (χ1v) is 6.79. The minimum Gasteiger partial charge on any atom is -0.395 e. The Bertz CT molecular complexity index is 609. The number of nitrogens with zero attached hydrogens (tertiary/aromatic N) is 5. The van der Waals surface area contributed by atoms with Gasteiger partial charge in [-0.1, -0.05) is 0 Å². The molecule has 0 saturated heterocycles. The van der Waals surface area contributed by atoms with E-state index >= 15 is 0 Å². The van der Waals surface area contributed by atoms with Crippen LogP contribution in [0.5, 0.6) is 0 Å². The number of imidazole rings is 1. The van der Waals surface area contributed by atoms with Crippen molar-refractivity contribution in [2.45, 2.75) is 32.5 Å². The average molecular weight is 273 g/mol. The van der Waals surface area contributed by atoms with E-state index in [0.717, 1.165) is 30.0 Å². The van der Waals surface area contributed by atoms with E-state index in [-0.39, 0.29) is 12.6 Å². The molecule has 2 aromatic heterocycles. The molecule has 6 heteroatoms. The zero-order valence-electron chi connectivity index (χ0n) is 11.8. The van der Waals surface area contributed by atoms with E-state index in [4.69, 9.17) is 0 Å². The molecule has 106 valence electrons. The van der Waals surface area contributed by atoms with Gasteiger partial charge < -0.3 is 9.67 Å². The van der Waals surface area contributed by atoms with Crippen LogP contribution in [-0.4, -0.2) is 42.2 Å². The number of aliphatic hydroxyl groups excluding tert-OH is 1. The second kappa shape index (κ2) is 5.30. The molecule has 0 spiro atoms. The lowest BCUT2D eigenvalue weighted by Crippen LogP contribution is -2.42. The fourth-order valence-electron chi connectivity index (χ4n) is 2.74. The van der Waals surface area contributed by atoms with Gasteiger partial charge in [0.1, 0.15) is 0 Å². The topological polar surface area (TPSA) is 67.1 Å². The highest BCUT2D eigenvalue weighted by Crippen LogP contribution is 2.23. The van der Waals surface area contributed by atoms with Crippen molar-refractivity contribution in [1.82, 2.24) is 24.4 Å². The maximum absolute atomic E-state index is 9.64. The lowest BCUT2D eigenvalue weighted by molar-refractivity contribution is 0.0954. The second-order valence-corrected chi connectivity index (χ2v) is 5.35. The molecule has 3 rings (SSSR count). The van der Waals surface area contributed by atoms with Gasteiger partial charge in [-0.25, -0.2) is 4.98 Å². The van der Waals surface area contributed by atoms with Gasteiger partial charge in [0.15, 0.2) is 0 Å². The molecule has 1 N–H and O–H groups in total. The summed E-state index contributed by atoms with van der Waals surface area (Å²) in [5.74, 6) is 0. The van der Waals surface area contributed by atoms with Crippen LogP contribution in [0, 0.1) is 6.92 Å². The first kappa shape index (κ1) is 13.2. The third-order valence-electron chi connectivity index (χ3n) is 3.82. The van der Waals surface area contributed by atoms with Crippen LogP contribution in [0.15, 0.2) is 18.7 Å². The quantitative estimate of drug-likeness (QED) is 0.879. The Morgan fingerprint density at radius 3 is 3.00 bits per heavy atom. The Morgan fingerprint density at radius 1 is 1.40 bits per heavy atom. The molecule has 3 heterocycles. The number of aliphatic hydroxyl groups is 1. The van der Waals surface area contributed by atoms with E-state index < -0.39 is 0 Å². The van der Waals surface area contributed by atoms with Crippen LogP contribution in [-0.2, 0) is 26.6 Å². The first-order valence-electron chi connectivity index (χ1n) is 6.79. The predicted molar refractivity (Wildman–Crippen MR) is 73.8 cm³/mol.